The summed E-state index contributed by atoms with van der Waals surface area (Å²) in [6.07, 6.45) is 1.37. The number of hydrogen-bond acceptors (Lipinski definition) is 5. The Bertz CT molecular complexity index is 1030. The number of amides is 2. The standard InChI is InChI=1S/C20H22N2O5S/c1-20(19(24)22-25,28(2,26)27)10-9-13-3-5-14(6-4-13)15-7-8-16-12-21-18(23)17(16)11-15/h3-8,11,25H,9-10,12H2,1-2H3,(H,21,23)(H,22,24)/t20-/m1/s1. The van der Waals surface area contributed by atoms with Crippen LogP contribution in [0, 0.1) is 0 Å². The quantitative estimate of drug-likeness (QED) is 0.504. The normalized spacial score (nSPS) is 15.5. The lowest BCUT2D eigenvalue weighted by Crippen LogP contribution is -2.49. The van der Waals surface area contributed by atoms with E-state index in [1.807, 2.05) is 42.5 Å². The summed E-state index contributed by atoms with van der Waals surface area (Å²) in [4.78, 5) is 23.7. The molecule has 0 radical (unpaired) electrons. The van der Waals surface area contributed by atoms with Crippen LogP contribution in [0.15, 0.2) is 42.5 Å². The molecule has 1 aliphatic rings. The maximum Gasteiger partial charge on any atom is 0.264 e. The average Bonchev–Trinajstić information content (AvgIpc) is 3.05. The first-order valence-electron chi connectivity index (χ1n) is 8.80. The van der Waals surface area contributed by atoms with Crippen molar-refractivity contribution >= 4 is 21.7 Å². The molecule has 1 atom stereocenters. The first-order chi connectivity index (χ1) is 13.2. The fourth-order valence-corrected chi connectivity index (χ4v) is 4.08. The number of sulfone groups is 1. The average molecular weight is 402 g/mol. The molecule has 0 saturated heterocycles. The minimum absolute atomic E-state index is 0.0383. The third kappa shape index (κ3) is 3.65. The van der Waals surface area contributed by atoms with E-state index in [1.54, 1.807) is 0 Å². The van der Waals surface area contributed by atoms with E-state index in [4.69, 9.17) is 5.21 Å². The summed E-state index contributed by atoms with van der Waals surface area (Å²) < 4.78 is 22.3. The van der Waals surface area contributed by atoms with Gasteiger partial charge in [-0.15, -0.1) is 0 Å². The van der Waals surface area contributed by atoms with Crippen molar-refractivity contribution in [3.8, 4) is 11.1 Å². The van der Waals surface area contributed by atoms with Crippen LogP contribution in [0.4, 0.5) is 0 Å². The van der Waals surface area contributed by atoms with E-state index in [-0.39, 0.29) is 12.3 Å². The predicted molar refractivity (Wildman–Crippen MR) is 105 cm³/mol. The summed E-state index contributed by atoms with van der Waals surface area (Å²) in [6.45, 7) is 1.85. The number of carbonyl (C=O) groups is 2. The molecular formula is C20H22N2O5S. The zero-order chi connectivity index (χ0) is 20.5. The maximum absolute atomic E-state index is 12.0. The first-order valence-corrected chi connectivity index (χ1v) is 10.7. The van der Waals surface area contributed by atoms with Gasteiger partial charge in [0.15, 0.2) is 9.84 Å². The molecule has 0 spiro atoms. The van der Waals surface area contributed by atoms with Gasteiger partial charge >= 0.3 is 0 Å². The Morgan fingerprint density at radius 1 is 1.18 bits per heavy atom. The third-order valence-electron chi connectivity index (χ3n) is 5.37. The highest BCUT2D eigenvalue weighted by atomic mass is 32.2. The molecule has 0 aromatic heterocycles. The molecule has 0 fully saturated rings. The Balaban J connectivity index is 1.77. The van der Waals surface area contributed by atoms with E-state index < -0.39 is 20.5 Å². The van der Waals surface area contributed by atoms with Gasteiger partial charge in [-0.05, 0) is 48.1 Å². The topological polar surface area (TPSA) is 113 Å². The van der Waals surface area contributed by atoms with Gasteiger partial charge in [0.1, 0.15) is 4.75 Å². The molecule has 2 aromatic carbocycles. The molecule has 7 nitrogen and oxygen atoms in total. The highest BCUT2D eigenvalue weighted by Crippen LogP contribution is 2.27. The molecule has 0 aliphatic carbocycles. The second-order valence-corrected chi connectivity index (χ2v) is 9.64. The van der Waals surface area contributed by atoms with Gasteiger partial charge in [-0.3, -0.25) is 14.8 Å². The molecule has 2 aromatic rings. The van der Waals surface area contributed by atoms with E-state index in [0.717, 1.165) is 28.5 Å². The Kier molecular flexibility index (Phi) is 5.27. The van der Waals surface area contributed by atoms with Gasteiger partial charge in [0, 0.05) is 18.4 Å². The molecule has 148 valence electrons. The van der Waals surface area contributed by atoms with E-state index in [9.17, 15) is 18.0 Å². The van der Waals surface area contributed by atoms with Crippen molar-refractivity contribution in [2.45, 2.75) is 31.1 Å². The summed E-state index contributed by atoms with van der Waals surface area (Å²) in [5.41, 5.74) is 5.83. The Labute approximate surface area is 163 Å². The number of carbonyl (C=O) groups excluding carboxylic acids is 2. The Morgan fingerprint density at radius 3 is 2.43 bits per heavy atom. The number of rotatable bonds is 6. The summed E-state index contributed by atoms with van der Waals surface area (Å²) in [7, 11) is -3.72. The molecule has 3 rings (SSSR count). The summed E-state index contributed by atoms with van der Waals surface area (Å²) >= 11 is 0. The lowest BCUT2D eigenvalue weighted by atomic mass is 9.96. The van der Waals surface area contributed by atoms with Crippen molar-refractivity contribution in [2.24, 2.45) is 0 Å². The second-order valence-electron chi connectivity index (χ2n) is 7.20. The largest absolute Gasteiger partial charge is 0.348 e. The lowest BCUT2D eigenvalue weighted by molar-refractivity contribution is -0.131. The van der Waals surface area contributed by atoms with E-state index >= 15 is 0 Å². The lowest BCUT2D eigenvalue weighted by Gasteiger charge is -2.25. The molecule has 0 saturated carbocycles. The molecule has 0 unspecified atom stereocenters. The van der Waals surface area contributed by atoms with Crippen LogP contribution in [-0.2, 0) is 27.6 Å². The molecule has 3 N–H and O–H groups in total. The van der Waals surface area contributed by atoms with Crippen LogP contribution in [0.25, 0.3) is 11.1 Å². The molecule has 8 heteroatoms. The zero-order valence-electron chi connectivity index (χ0n) is 15.7. The van der Waals surface area contributed by atoms with Gasteiger partial charge in [-0.1, -0.05) is 36.4 Å². The van der Waals surface area contributed by atoms with Crippen molar-refractivity contribution < 1.29 is 23.2 Å². The maximum atomic E-state index is 12.0. The van der Waals surface area contributed by atoms with Crippen LogP contribution in [0.5, 0.6) is 0 Å². The number of aryl methyl sites for hydroxylation is 1. The van der Waals surface area contributed by atoms with Crippen molar-refractivity contribution in [3.63, 3.8) is 0 Å². The molecule has 1 aliphatic heterocycles. The van der Waals surface area contributed by atoms with E-state index in [2.05, 4.69) is 5.32 Å². The van der Waals surface area contributed by atoms with Crippen LogP contribution < -0.4 is 10.8 Å². The van der Waals surface area contributed by atoms with Gasteiger partial charge < -0.3 is 5.32 Å². The van der Waals surface area contributed by atoms with Crippen LogP contribution >= 0.6 is 0 Å². The Morgan fingerprint density at radius 2 is 1.82 bits per heavy atom. The van der Waals surface area contributed by atoms with Gasteiger partial charge in [0.2, 0.25) is 0 Å². The summed E-state index contributed by atoms with van der Waals surface area (Å²) in [6, 6.07) is 13.3. The second kappa shape index (κ2) is 7.37. The van der Waals surface area contributed by atoms with Crippen LogP contribution in [0.2, 0.25) is 0 Å². The predicted octanol–water partition coefficient (Wildman–Crippen LogP) is 1.84. The summed E-state index contributed by atoms with van der Waals surface area (Å²) in [5, 5.41) is 11.7. The van der Waals surface area contributed by atoms with Gasteiger partial charge in [0.25, 0.3) is 11.8 Å². The SMILES string of the molecule is C[C@@](CCc1ccc(-c2ccc3c(c2)C(=O)NC3)cc1)(C(=O)NO)S(C)(=O)=O. The minimum Gasteiger partial charge on any atom is -0.348 e. The van der Waals surface area contributed by atoms with Crippen LogP contribution in [0.3, 0.4) is 0 Å². The van der Waals surface area contributed by atoms with Gasteiger partial charge in [0.05, 0.1) is 0 Å². The summed E-state index contributed by atoms with van der Waals surface area (Å²) in [5.74, 6) is -1.02. The van der Waals surface area contributed by atoms with E-state index in [1.165, 1.54) is 12.4 Å². The van der Waals surface area contributed by atoms with Crippen molar-refractivity contribution in [1.29, 1.82) is 0 Å². The van der Waals surface area contributed by atoms with Gasteiger partial charge in [-0.2, -0.15) is 0 Å². The van der Waals surface area contributed by atoms with Crippen molar-refractivity contribution in [2.75, 3.05) is 6.26 Å². The van der Waals surface area contributed by atoms with Crippen LogP contribution in [0.1, 0.15) is 34.8 Å². The Hall–Kier alpha value is -2.71. The van der Waals surface area contributed by atoms with E-state index in [0.29, 0.717) is 18.5 Å². The fourth-order valence-electron chi connectivity index (χ4n) is 3.22. The molecular weight excluding hydrogens is 380 g/mol. The first kappa shape index (κ1) is 20.0. The van der Waals surface area contributed by atoms with Crippen molar-refractivity contribution in [1.82, 2.24) is 10.8 Å². The molecule has 2 amide bonds. The van der Waals surface area contributed by atoms with Gasteiger partial charge in [-0.25, -0.2) is 13.9 Å². The monoisotopic (exact) mass is 402 g/mol. The molecule has 0 bridgehead atoms. The zero-order valence-corrected chi connectivity index (χ0v) is 16.5. The molecule has 28 heavy (non-hydrogen) atoms. The highest BCUT2D eigenvalue weighted by Gasteiger charge is 2.43. The molecule has 1 heterocycles. The number of benzene rings is 2. The fraction of sp³-hybridized carbons (Fsp3) is 0.300. The van der Waals surface area contributed by atoms with Crippen LogP contribution in [-0.4, -0.2) is 36.4 Å². The smallest absolute Gasteiger partial charge is 0.264 e. The third-order valence-corrected chi connectivity index (χ3v) is 7.40. The number of fused-ring (bicyclic) bond motifs is 1. The van der Waals surface area contributed by atoms with Crippen molar-refractivity contribution in [3.05, 3.63) is 59.2 Å². The number of hydroxylamine groups is 1. The number of nitrogens with one attached hydrogen (secondary N) is 2. The minimum atomic E-state index is -3.72. The number of hydrogen-bond donors (Lipinski definition) is 3. The highest BCUT2D eigenvalue weighted by molar-refractivity contribution is 7.92.